The van der Waals surface area contributed by atoms with Crippen LogP contribution < -0.4 is 5.32 Å². The smallest absolute Gasteiger partial charge is 0.339 e. The molecule has 0 radical (unpaired) electrons. The van der Waals surface area contributed by atoms with E-state index in [-0.39, 0.29) is 16.8 Å². The molecule has 2 rings (SSSR count). The number of hydrogen-bond donors (Lipinski definition) is 3. The quantitative estimate of drug-likeness (QED) is 0.803. The van der Waals surface area contributed by atoms with E-state index in [2.05, 4.69) is 5.32 Å². The van der Waals surface area contributed by atoms with Crippen molar-refractivity contribution in [2.45, 2.75) is 0 Å². The molecule has 0 aliphatic rings. The molecular weight excluding hydrogens is 265 g/mol. The lowest BCUT2D eigenvalue weighted by Crippen LogP contribution is -2.12. The highest BCUT2D eigenvalue weighted by Gasteiger charge is 2.12. The zero-order valence-electron chi connectivity index (χ0n) is 10.1. The van der Waals surface area contributed by atoms with Crippen LogP contribution in [0.1, 0.15) is 20.7 Å². The van der Waals surface area contributed by atoms with Gasteiger partial charge in [0.25, 0.3) is 5.91 Å². The van der Waals surface area contributed by atoms with Crippen molar-refractivity contribution in [3.63, 3.8) is 0 Å². The van der Waals surface area contributed by atoms with E-state index >= 15 is 0 Å². The molecule has 6 heteroatoms. The minimum absolute atomic E-state index is 0.117. The summed E-state index contributed by atoms with van der Waals surface area (Å²) in [5.74, 6) is -2.84. The highest BCUT2D eigenvalue weighted by atomic mass is 19.1. The number of halogens is 1. The predicted octanol–water partition coefficient (Wildman–Crippen LogP) is 2.48. The maximum Gasteiger partial charge on any atom is 0.339 e. The maximum atomic E-state index is 13.0. The van der Waals surface area contributed by atoms with Crippen molar-refractivity contribution in [1.82, 2.24) is 0 Å². The number of nitrogens with one attached hydrogen (secondary N) is 1. The van der Waals surface area contributed by atoms with Gasteiger partial charge >= 0.3 is 5.97 Å². The molecule has 0 bridgehead atoms. The van der Waals surface area contributed by atoms with E-state index in [4.69, 9.17) is 5.11 Å². The van der Waals surface area contributed by atoms with E-state index in [1.165, 1.54) is 30.3 Å². The van der Waals surface area contributed by atoms with Gasteiger partial charge in [-0.25, -0.2) is 9.18 Å². The van der Waals surface area contributed by atoms with Gasteiger partial charge in [0.1, 0.15) is 17.1 Å². The van der Waals surface area contributed by atoms with E-state index in [9.17, 15) is 19.1 Å². The summed E-state index contributed by atoms with van der Waals surface area (Å²) in [5, 5.41) is 20.7. The minimum atomic E-state index is -1.27. The Kier molecular flexibility index (Phi) is 3.65. The van der Waals surface area contributed by atoms with E-state index in [0.717, 1.165) is 12.1 Å². The van der Waals surface area contributed by atoms with Gasteiger partial charge in [0.2, 0.25) is 0 Å². The normalized spacial score (nSPS) is 10.1. The SMILES string of the molecule is O=C(Nc1ccc(C(=O)O)c(O)c1)c1cccc(F)c1. The molecule has 0 spiro atoms. The molecule has 0 heterocycles. The molecule has 2 aromatic carbocycles. The number of hydrogen-bond acceptors (Lipinski definition) is 3. The van der Waals surface area contributed by atoms with Crippen molar-refractivity contribution in [2.24, 2.45) is 0 Å². The van der Waals surface area contributed by atoms with E-state index in [0.29, 0.717) is 0 Å². The van der Waals surface area contributed by atoms with Crippen LogP contribution in [0.4, 0.5) is 10.1 Å². The molecule has 0 aliphatic heterocycles. The average molecular weight is 275 g/mol. The van der Waals surface area contributed by atoms with Gasteiger partial charge in [-0.15, -0.1) is 0 Å². The van der Waals surface area contributed by atoms with Crippen molar-refractivity contribution < 1.29 is 24.2 Å². The number of carboxylic acids is 1. The van der Waals surface area contributed by atoms with E-state index in [1.54, 1.807) is 0 Å². The third kappa shape index (κ3) is 2.92. The van der Waals surface area contributed by atoms with Crippen molar-refractivity contribution in [3.8, 4) is 5.75 Å². The summed E-state index contributed by atoms with van der Waals surface area (Å²) >= 11 is 0. The zero-order valence-corrected chi connectivity index (χ0v) is 10.1. The summed E-state index contributed by atoms with van der Waals surface area (Å²) in [4.78, 5) is 22.5. The molecule has 0 aliphatic carbocycles. The van der Waals surface area contributed by atoms with Crippen molar-refractivity contribution in [2.75, 3.05) is 5.32 Å². The molecule has 3 N–H and O–H groups in total. The first-order valence-electron chi connectivity index (χ1n) is 5.60. The van der Waals surface area contributed by atoms with Crippen LogP contribution in [0.5, 0.6) is 5.75 Å². The van der Waals surface area contributed by atoms with Crippen LogP contribution in [-0.2, 0) is 0 Å². The molecule has 20 heavy (non-hydrogen) atoms. The Labute approximate surface area is 113 Å². The first-order valence-corrected chi connectivity index (χ1v) is 5.60. The third-order valence-corrected chi connectivity index (χ3v) is 2.57. The number of phenols is 1. The maximum absolute atomic E-state index is 13.0. The predicted molar refractivity (Wildman–Crippen MR) is 69.4 cm³/mol. The fourth-order valence-corrected chi connectivity index (χ4v) is 1.62. The molecule has 0 saturated carbocycles. The third-order valence-electron chi connectivity index (χ3n) is 2.57. The van der Waals surface area contributed by atoms with Crippen LogP contribution >= 0.6 is 0 Å². The summed E-state index contributed by atoms with van der Waals surface area (Å²) in [6, 6.07) is 8.73. The Hall–Kier alpha value is -2.89. The number of benzene rings is 2. The molecule has 0 aromatic heterocycles. The van der Waals surface area contributed by atoms with Gasteiger partial charge in [-0.1, -0.05) is 6.07 Å². The van der Waals surface area contributed by atoms with Crippen molar-refractivity contribution in [3.05, 3.63) is 59.4 Å². The van der Waals surface area contributed by atoms with Crippen LogP contribution in [0.3, 0.4) is 0 Å². The Morgan fingerprint density at radius 2 is 1.85 bits per heavy atom. The van der Waals surface area contributed by atoms with Crippen molar-refractivity contribution >= 4 is 17.6 Å². The summed E-state index contributed by atoms with van der Waals surface area (Å²) < 4.78 is 13.0. The fourth-order valence-electron chi connectivity index (χ4n) is 1.62. The summed E-state index contributed by atoms with van der Waals surface area (Å²) in [5.41, 5.74) is 0.0577. The largest absolute Gasteiger partial charge is 0.507 e. The number of anilines is 1. The molecule has 102 valence electrons. The van der Waals surface area contributed by atoms with Crippen LogP contribution in [0.15, 0.2) is 42.5 Å². The molecule has 0 fully saturated rings. The monoisotopic (exact) mass is 275 g/mol. The first-order chi connectivity index (χ1) is 9.47. The van der Waals surface area contributed by atoms with Gasteiger partial charge in [-0.2, -0.15) is 0 Å². The van der Waals surface area contributed by atoms with Gasteiger partial charge in [0.15, 0.2) is 0 Å². The Bertz CT molecular complexity index is 685. The summed E-state index contributed by atoms with van der Waals surface area (Å²) in [6.45, 7) is 0. The number of aromatic carboxylic acids is 1. The lowest BCUT2D eigenvalue weighted by Gasteiger charge is -2.07. The zero-order chi connectivity index (χ0) is 14.7. The second-order valence-electron chi connectivity index (χ2n) is 4.00. The molecule has 2 aromatic rings. The molecule has 0 saturated heterocycles. The fraction of sp³-hybridized carbons (Fsp3) is 0. The summed E-state index contributed by atoms with van der Waals surface area (Å²) in [7, 11) is 0. The lowest BCUT2D eigenvalue weighted by molar-refractivity contribution is 0.0693. The number of carboxylic acid groups (broad SMARTS) is 1. The Morgan fingerprint density at radius 1 is 1.10 bits per heavy atom. The number of aromatic hydroxyl groups is 1. The second-order valence-corrected chi connectivity index (χ2v) is 4.00. The molecule has 0 atom stereocenters. The average Bonchev–Trinajstić information content (AvgIpc) is 2.38. The molecule has 0 unspecified atom stereocenters. The Morgan fingerprint density at radius 3 is 2.45 bits per heavy atom. The van der Waals surface area contributed by atoms with Gasteiger partial charge in [-0.3, -0.25) is 4.79 Å². The number of carbonyl (C=O) groups excluding carboxylic acids is 1. The van der Waals surface area contributed by atoms with Crippen LogP contribution in [0.2, 0.25) is 0 Å². The number of amides is 1. The van der Waals surface area contributed by atoms with Gasteiger partial charge in [0.05, 0.1) is 0 Å². The van der Waals surface area contributed by atoms with Crippen LogP contribution in [-0.4, -0.2) is 22.1 Å². The molecule has 5 nitrogen and oxygen atoms in total. The Balaban J connectivity index is 2.20. The topological polar surface area (TPSA) is 86.6 Å². The summed E-state index contributed by atoms with van der Waals surface area (Å²) in [6.07, 6.45) is 0. The number of carbonyl (C=O) groups is 2. The van der Waals surface area contributed by atoms with E-state index < -0.39 is 23.4 Å². The highest BCUT2D eigenvalue weighted by Crippen LogP contribution is 2.22. The van der Waals surface area contributed by atoms with Crippen molar-refractivity contribution in [1.29, 1.82) is 0 Å². The standard InChI is InChI=1S/C14H10FNO4/c15-9-3-1-2-8(6-9)13(18)16-10-4-5-11(14(19)20)12(17)7-10/h1-7,17H,(H,16,18)(H,19,20). The van der Waals surface area contributed by atoms with Gasteiger partial charge in [0, 0.05) is 17.3 Å². The van der Waals surface area contributed by atoms with Crippen LogP contribution in [0.25, 0.3) is 0 Å². The van der Waals surface area contributed by atoms with Crippen LogP contribution in [0, 0.1) is 5.82 Å². The van der Waals surface area contributed by atoms with E-state index in [1.807, 2.05) is 0 Å². The lowest BCUT2D eigenvalue weighted by atomic mass is 10.1. The minimum Gasteiger partial charge on any atom is -0.507 e. The number of rotatable bonds is 3. The second kappa shape index (κ2) is 5.40. The van der Waals surface area contributed by atoms with Gasteiger partial charge < -0.3 is 15.5 Å². The molecule has 1 amide bonds. The first kappa shape index (κ1) is 13.5. The molecular formula is C14H10FNO4. The van der Waals surface area contributed by atoms with Gasteiger partial charge in [-0.05, 0) is 30.3 Å². The highest BCUT2D eigenvalue weighted by molar-refractivity contribution is 6.04.